The molecule has 0 aliphatic rings. The van der Waals surface area contributed by atoms with E-state index in [0.717, 1.165) is 0 Å². The van der Waals surface area contributed by atoms with Gasteiger partial charge < -0.3 is 15.2 Å². The first-order valence-corrected chi connectivity index (χ1v) is 6.81. The van der Waals surface area contributed by atoms with Crippen molar-refractivity contribution in [1.29, 1.82) is 0 Å². The Labute approximate surface area is 122 Å². The lowest BCUT2D eigenvalue weighted by Gasteiger charge is -2.10. The van der Waals surface area contributed by atoms with Crippen molar-refractivity contribution in [3.8, 4) is 5.75 Å². The molecule has 1 aromatic carbocycles. The van der Waals surface area contributed by atoms with Crippen LogP contribution in [0, 0.1) is 0 Å². The predicted octanol–water partition coefficient (Wildman–Crippen LogP) is 2.65. The van der Waals surface area contributed by atoms with Crippen LogP contribution < -0.4 is 10.1 Å². The second-order valence-corrected chi connectivity index (χ2v) is 4.88. The number of halogens is 2. The summed E-state index contributed by atoms with van der Waals surface area (Å²) in [6.45, 7) is 2.22. The average Bonchev–Trinajstić information content (AvgIpc) is 2.40. The van der Waals surface area contributed by atoms with Gasteiger partial charge in [-0.1, -0.05) is 30.1 Å². The van der Waals surface area contributed by atoms with Crippen LogP contribution in [-0.2, 0) is 4.79 Å². The van der Waals surface area contributed by atoms with Gasteiger partial charge in [-0.15, -0.1) is 0 Å². The van der Waals surface area contributed by atoms with Crippen molar-refractivity contribution < 1.29 is 14.6 Å². The third-order valence-electron chi connectivity index (χ3n) is 2.53. The first kappa shape index (κ1) is 16.1. The molecule has 0 radical (unpaired) electrons. The maximum atomic E-state index is 11.5. The fraction of sp³-hybridized carbons (Fsp3) is 0.462. The Morgan fingerprint density at radius 2 is 2.16 bits per heavy atom. The van der Waals surface area contributed by atoms with Crippen molar-refractivity contribution in [1.82, 2.24) is 5.32 Å². The van der Waals surface area contributed by atoms with Crippen molar-refractivity contribution in [2.24, 2.45) is 0 Å². The number of rotatable bonds is 7. The van der Waals surface area contributed by atoms with Gasteiger partial charge in [0.25, 0.3) is 5.91 Å². The first-order valence-electron chi connectivity index (χ1n) is 6.05. The number of carbonyl (C=O) groups is 1. The van der Waals surface area contributed by atoms with Crippen LogP contribution in [0.15, 0.2) is 18.2 Å². The van der Waals surface area contributed by atoms with Crippen LogP contribution in [0.4, 0.5) is 0 Å². The highest BCUT2D eigenvalue weighted by Crippen LogP contribution is 2.26. The maximum Gasteiger partial charge on any atom is 0.257 e. The highest BCUT2D eigenvalue weighted by molar-refractivity contribution is 6.42. The number of carbonyl (C=O) groups excluding carboxylic acids is 1. The number of amides is 1. The van der Waals surface area contributed by atoms with Crippen molar-refractivity contribution in [2.75, 3.05) is 13.2 Å². The maximum absolute atomic E-state index is 11.5. The number of aliphatic hydroxyl groups excluding tert-OH is 1. The molecule has 1 unspecified atom stereocenters. The van der Waals surface area contributed by atoms with E-state index in [-0.39, 0.29) is 18.6 Å². The van der Waals surface area contributed by atoms with Gasteiger partial charge in [0, 0.05) is 12.6 Å². The number of ether oxygens (including phenoxy) is 1. The molecular weight excluding hydrogens is 289 g/mol. The zero-order chi connectivity index (χ0) is 14.3. The molecule has 0 aromatic heterocycles. The van der Waals surface area contributed by atoms with Gasteiger partial charge in [0.05, 0.1) is 16.1 Å². The second-order valence-electron chi connectivity index (χ2n) is 4.07. The molecule has 1 aromatic rings. The summed E-state index contributed by atoms with van der Waals surface area (Å²) in [5.74, 6) is 0.243. The lowest BCUT2D eigenvalue weighted by molar-refractivity contribution is -0.123. The molecule has 0 fully saturated rings. The highest BCUT2D eigenvalue weighted by Gasteiger charge is 2.06. The van der Waals surface area contributed by atoms with Gasteiger partial charge in [-0.25, -0.2) is 0 Å². The van der Waals surface area contributed by atoms with Gasteiger partial charge >= 0.3 is 0 Å². The summed E-state index contributed by atoms with van der Waals surface area (Å²) in [6.07, 6.45) is 0.835. The molecule has 0 aliphatic heterocycles. The third-order valence-corrected chi connectivity index (χ3v) is 3.27. The predicted molar refractivity (Wildman–Crippen MR) is 75.9 cm³/mol. The van der Waals surface area contributed by atoms with Crippen LogP contribution in [0.25, 0.3) is 0 Å². The van der Waals surface area contributed by atoms with Gasteiger partial charge in [-0.05, 0) is 25.0 Å². The molecule has 2 N–H and O–H groups in total. The van der Waals surface area contributed by atoms with Crippen LogP contribution in [0.2, 0.25) is 10.0 Å². The monoisotopic (exact) mass is 305 g/mol. The topological polar surface area (TPSA) is 58.6 Å². The molecule has 4 nitrogen and oxygen atoms in total. The molecule has 0 saturated heterocycles. The smallest absolute Gasteiger partial charge is 0.257 e. The highest BCUT2D eigenvalue weighted by atomic mass is 35.5. The minimum atomic E-state index is -0.378. The fourth-order valence-corrected chi connectivity index (χ4v) is 1.64. The number of nitrogens with one attached hydrogen (secondary N) is 1. The van der Waals surface area contributed by atoms with E-state index >= 15 is 0 Å². The Bertz CT molecular complexity index is 426. The number of hydrogen-bond acceptors (Lipinski definition) is 3. The SMILES string of the molecule is CCC(O)CCNC(=O)COc1ccc(Cl)c(Cl)c1. The lowest BCUT2D eigenvalue weighted by Crippen LogP contribution is -2.31. The van der Waals surface area contributed by atoms with Crippen molar-refractivity contribution in [2.45, 2.75) is 25.9 Å². The average molecular weight is 306 g/mol. The molecule has 1 amide bonds. The molecule has 0 saturated carbocycles. The molecule has 19 heavy (non-hydrogen) atoms. The molecule has 6 heteroatoms. The molecule has 0 spiro atoms. The Kier molecular flexibility index (Phi) is 6.99. The van der Waals surface area contributed by atoms with E-state index < -0.39 is 0 Å². The van der Waals surface area contributed by atoms with Gasteiger partial charge in [-0.2, -0.15) is 0 Å². The van der Waals surface area contributed by atoms with E-state index in [4.69, 9.17) is 27.9 Å². The van der Waals surface area contributed by atoms with Crippen molar-refractivity contribution in [3.63, 3.8) is 0 Å². The van der Waals surface area contributed by atoms with E-state index in [1.54, 1.807) is 18.2 Å². The van der Waals surface area contributed by atoms with E-state index in [1.165, 1.54) is 0 Å². The molecule has 1 rings (SSSR count). The zero-order valence-corrected chi connectivity index (χ0v) is 12.2. The Morgan fingerprint density at radius 1 is 1.42 bits per heavy atom. The minimum absolute atomic E-state index is 0.0970. The van der Waals surface area contributed by atoms with Crippen LogP contribution >= 0.6 is 23.2 Å². The Hall–Kier alpha value is -0.970. The molecular formula is C13H17Cl2NO3. The molecule has 106 valence electrons. The molecule has 0 aliphatic carbocycles. The summed E-state index contributed by atoms with van der Waals surface area (Å²) in [4.78, 5) is 11.5. The minimum Gasteiger partial charge on any atom is -0.484 e. The normalized spacial score (nSPS) is 12.0. The lowest BCUT2D eigenvalue weighted by atomic mass is 10.2. The van der Waals surface area contributed by atoms with E-state index in [2.05, 4.69) is 5.32 Å². The largest absolute Gasteiger partial charge is 0.484 e. The fourth-order valence-electron chi connectivity index (χ4n) is 1.35. The second kappa shape index (κ2) is 8.25. The van der Waals surface area contributed by atoms with E-state index in [0.29, 0.717) is 35.2 Å². The number of benzene rings is 1. The summed E-state index contributed by atoms with van der Waals surface area (Å²) in [5.41, 5.74) is 0. The van der Waals surface area contributed by atoms with Gasteiger partial charge in [-0.3, -0.25) is 4.79 Å². The zero-order valence-electron chi connectivity index (χ0n) is 10.7. The standard InChI is InChI=1S/C13H17Cl2NO3/c1-2-9(17)5-6-16-13(18)8-19-10-3-4-11(14)12(15)7-10/h3-4,7,9,17H,2,5-6,8H2,1H3,(H,16,18). The first-order chi connectivity index (χ1) is 9.02. The number of hydrogen-bond donors (Lipinski definition) is 2. The van der Waals surface area contributed by atoms with Gasteiger partial charge in [0.15, 0.2) is 6.61 Å². The van der Waals surface area contributed by atoms with Crippen molar-refractivity contribution in [3.05, 3.63) is 28.2 Å². The summed E-state index contributed by atoms with van der Waals surface area (Å²) in [7, 11) is 0. The quantitative estimate of drug-likeness (QED) is 0.814. The molecule has 0 bridgehead atoms. The molecule has 0 heterocycles. The summed E-state index contributed by atoms with van der Waals surface area (Å²) >= 11 is 11.6. The van der Waals surface area contributed by atoms with Crippen LogP contribution in [0.3, 0.4) is 0 Å². The summed E-state index contributed by atoms with van der Waals surface area (Å²) in [6, 6.07) is 4.80. The van der Waals surface area contributed by atoms with Crippen molar-refractivity contribution >= 4 is 29.1 Å². The van der Waals surface area contributed by atoms with E-state index in [9.17, 15) is 9.90 Å². The summed E-state index contributed by atoms with van der Waals surface area (Å²) < 4.78 is 5.27. The van der Waals surface area contributed by atoms with Gasteiger partial charge in [0.1, 0.15) is 5.75 Å². The Morgan fingerprint density at radius 3 is 2.79 bits per heavy atom. The van der Waals surface area contributed by atoms with Crippen LogP contribution in [-0.4, -0.2) is 30.3 Å². The van der Waals surface area contributed by atoms with Gasteiger partial charge in [0.2, 0.25) is 0 Å². The number of aliphatic hydroxyl groups is 1. The Balaban J connectivity index is 2.28. The third kappa shape index (κ3) is 6.14. The van der Waals surface area contributed by atoms with Crippen LogP contribution in [0.5, 0.6) is 5.75 Å². The summed E-state index contributed by atoms with van der Waals surface area (Å²) in [5, 5.41) is 12.8. The van der Waals surface area contributed by atoms with E-state index in [1.807, 2.05) is 6.92 Å². The molecule has 1 atom stereocenters. The van der Waals surface area contributed by atoms with Crippen LogP contribution in [0.1, 0.15) is 19.8 Å².